The van der Waals surface area contributed by atoms with E-state index in [4.69, 9.17) is 5.26 Å². The van der Waals surface area contributed by atoms with Crippen LogP contribution in [0.25, 0.3) is 0 Å². The van der Waals surface area contributed by atoms with Gasteiger partial charge in [0.2, 0.25) is 0 Å². The van der Waals surface area contributed by atoms with Crippen molar-refractivity contribution in [3.63, 3.8) is 0 Å². The Labute approximate surface area is 105 Å². The van der Waals surface area contributed by atoms with Crippen LogP contribution < -0.4 is 0 Å². The second-order valence-corrected chi connectivity index (χ2v) is 4.03. The second kappa shape index (κ2) is 5.78. The van der Waals surface area contributed by atoms with Gasteiger partial charge < -0.3 is 4.98 Å². The van der Waals surface area contributed by atoms with E-state index in [1.807, 2.05) is 12.3 Å². The Balaban J connectivity index is 1.86. The smallest absolute Gasteiger partial charge is 0.162 e. The van der Waals surface area contributed by atoms with E-state index in [1.54, 1.807) is 30.6 Å². The van der Waals surface area contributed by atoms with Gasteiger partial charge in [-0.05, 0) is 25.0 Å². The van der Waals surface area contributed by atoms with Crippen molar-refractivity contribution >= 4 is 5.78 Å². The third-order valence-electron chi connectivity index (χ3n) is 2.73. The highest BCUT2D eigenvalue weighted by Crippen LogP contribution is 2.09. The number of hydrogen-bond acceptors (Lipinski definition) is 3. The zero-order chi connectivity index (χ0) is 12.8. The fraction of sp³-hybridized carbons (Fsp3) is 0.214. The van der Waals surface area contributed by atoms with E-state index in [9.17, 15) is 4.79 Å². The molecule has 0 fully saturated rings. The third kappa shape index (κ3) is 3.05. The van der Waals surface area contributed by atoms with E-state index >= 15 is 0 Å². The van der Waals surface area contributed by atoms with Crippen molar-refractivity contribution in [3.8, 4) is 6.07 Å². The summed E-state index contributed by atoms with van der Waals surface area (Å²) in [5.74, 6) is 0.107. The van der Waals surface area contributed by atoms with E-state index in [2.05, 4.69) is 9.97 Å². The molecule has 0 saturated carbocycles. The lowest BCUT2D eigenvalue weighted by Gasteiger charge is -2.00. The first-order valence-corrected chi connectivity index (χ1v) is 5.80. The summed E-state index contributed by atoms with van der Waals surface area (Å²) in [6.07, 6.45) is 5.55. The summed E-state index contributed by atoms with van der Waals surface area (Å²) in [5, 5.41) is 8.67. The molecule has 1 aromatic heterocycles. The summed E-state index contributed by atoms with van der Waals surface area (Å²) in [4.78, 5) is 18.9. The second-order valence-electron chi connectivity index (χ2n) is 4.03. The maximum atomic E-state index is 11.9. The molecule has 0 saturated heterocycles. The molecule has 2 aromatic rings. The Bertz CT molecular complexity index is 550. The van der Waals surface area contributed by atoms with Gasteiger partial charge >= 0.3 is 0 Å². The first-order chi connectivity index (χ1) is 8.79. The topological polar surface area (TPSA) is 69.5 Å². The van der Waals surface area contributed by atoms with Crippen molar-refractivity contribution in [2.75, 3.05) is 0 Å². The van der Waals surface area contributed by atoms with Gasteiger partial charge in [0.05, 0.1) is 23.7 Å². The molecule has 18 heavy (non-hydrogen) atoms. The quantitative estimate of drug-likeness (QED) is 0.815. The summed E-state index contributed by atoms with van der Waals surface area (Å²) < 4.78 is 0. The van der Waals surface area contributed by atoms with Crippen LogP contribution in [-0.4, -0.2) is 15.8 Å². The van der Waals surface area contributed by atoms with Crippen LogP contribution in [0.2, 0.25) is 0 Å². The van der Waals surface area contributed by atoms with Crippen LogP contribution in [0.15, 0.2) is 36.8 Å². The Morgan fingerprint density at radius 2 is 2.11 bits per heavy atom. The van der Waals surface area contributed by atoms with Gasteiger partial charge in [0.1, 0.15) is 0 Å². The van der Waals surface area contributed by atoms with E-state index in [0.717, 1.165) is 18.5 Å². The van der Waals surface area contributed by atoms with Crippen molar-refractivity contribution in [1.82, 2.24) is 9.97 Å². The maximum absolute atomic E-state index is 11.9. The van der Waals surface area contributed by atoms with Crippen molar-refractivity contribution in [2.24, 2.45) is 0 Å². The zero-order valence-electron chi connectivity index (χ0n) is 9.89. The number of H-pyrrole nitrogens is 1. The summed E-state index contributed by atoms with van der Waals surface area (Å²) in [6, 6.07) is 8.77. The molecule has 1 heterocycles. The van der Waals surface area contributed by atoms with E-state index in [0.29, 0.717) is 17.5 Å². The molecule has 0 unspecified atom stereocenters. The molecule has 4 nitrogen and oxygen atoms in total. The van der Waals surface area contributed by atoms with Crippen molar-refractivity contribution in [2.45, 2.75) is 19.3 Å². The Hall–Kier alpha value is -2.41. The molecule has 0 atom stereocenters. The average Bonchev–Trinajstić information content (AvgIpc) is 2.92. The summed E-state index contributed by atoms with van der Waals surface area (Å²) >= 11 is 0. The number of hydrogen-bond donors (Lipinski definition) is 1. The zero-order valence-corrected chi connectivity index (χ0v) is 9.89. The normalized spacial score (nSPS) is 9.94. The number of carbonyl (C=O) groups excluding carboxylic acids is 1. The minimum atomic E-state index is 0.107. The van der Waals surface area contributed by atoms with Crippen LogP contribution in [0, 0.1) is 11.3 Å². The molecule has 0 aliphatic rings. The fourth-order valence-electron chi connectivity index (χ4n) is 1.73. The molecular formula is C14H13N3O. The maximum Gasteiger partial charge on any atom is 0.162 e. The Kier molecular flexibility index (Phi) is 3.87. The molecule has 1 aromatic carbocycles. The van der Waals surface area contributed by atoms with Crippen LogP contribution in [0.1, 0.15) is 34.5 Å². The monoisotopic (exact) mass is 239 g/mol. The number of benzene rings is 1. The molecule has 0 radical (unpaired) electrons. The number of nitrogens with zero attached hydrogens (tertiary/aromatic N) is 2. The first kappa shape index (κ1) is 12.1. The third-order valence-corrected chi connectivity index (χ3v) is 2.73. The Morgan fingerprint density at radius 1 is 1.33 bits per heavy atom. The molecule has 4 heteroatoms. The minimum absolute atomic E-state index is 0.107. The van der Waals surface area contributed by atoms with Crippen LogP contribution in [-0.2, 0) is 6.42 Å². The van der Waals surface area contributed by atoms with Gasteiger partial charge in [0, 0.05) is 18.2 Å². The summed E-state index contributed by atoms with van der Waals surface area (Å²) in [5.41, 5.74) is 2.21. The highest BCUT2D eigenvalue weighted by Gasteiger charge is 2.06. The standard InChI is InChI=1S/C14H13N3O/c15-8-11-4-6-12(7-5-11)14(18)3-1-2-13-9-16-10-17-13/h4-7,9-10H,1-3H2,(H,16,17). The van der Waals surface area contributed by atoms with Crippen LogP contribution in [0.5, 0.6) is 0 Å². The molecule has 0 spiro atoms. The molecule has 90 valence electrons. The van der Waals surface area contributed by atoms with Crippen LogP contribution in [0.3, 0.4) is 0 Å². The van der Waals surface area contributed by atoms with Gasteiger partial charge in [-0.2, -0.15) is 5.26 Å². The predicted molar refractivity (Wildman–Crippen MR) is 67.0 cm³/mol. The SMILES string of the molecule is N#Cc1ccc(C(=O)CCCc2c[nH]cn2)cc1. The van der Waals surface area contributed by atoms with Crippen LogP contribution >= 0.6 is 0 Å². The van der Waals surface area contributed by atoms with Gasteiger partial charge in [0.15, 0.2) is 5.78 Å². The summed E-state index contributed by atoms with van der Waals surface area (Å²) in [6.45, 7) is 0. The van der Waals surface area contributed by atoms with Gasteiger partial charge in [-0.3, -0.25) is 4.79 Å². The number of nitrogens with one attached hydrogen (secondary N) is 1. The highest BCUT2D eigenvalue weighted by atomic mass is 16.1. The fourth-order valence-corrected chi connectivity index (χ4v) is 1.73. The molecular weight excluding hydrogens is 226 g/mol. The Morgan fingerprint density at radius 3 is 2.72 bits per heavy atom. The van der Waals surface area contributed by atoms with Gasteiger partial charge in [-0.1, -0.05) is 12.1 Å². The molecule has 0 amide bonds. The number of ketones is 1. The minimum Gasteiger partial charge on any atom is -0.351 e. The predicted octanol–water partition coefficient (Wildman–Crippen LogP) is 2.49. The number of aromatic nitrogens is 2. The number of aryl methyl sites for hydroxylation is 1. The lowest BCUT2D eigenvalue weighted by atomic mass is 10.0. The number of carbonyl (C=O) groups is 1. The first-order valence-electron chi connectivity index (χ1n) is 5.80. The molecule has 1 N–H and O–H groups in total. The number of aromatic amines is 1. The van der Waals surface area contributed by atoms with Crippen molar-refractivity contribution in [1.29, 1.82) is 5.26 Å². The average molecular weight is 239 g/mol. The molecule has 0 bridgehead atoms. The molecule has 0 aliphatic heterocycles. The molecule has 0 aliphatic carbocycles. The van der Waals surface area contributed by atoms with Gasteiger partial charge in [-0.15, -0.1) is 0 Å². The number of Topliss-reactive ketones (excluding diaryl/α,β-unsaturated/α-hetero) is 1. The van der Waals surface area contributed by atoms with Crippen molar-refractivity contribution in [3.05, 3.63) is 53.6 Å². The van der Waals surface area contributed by atoms with Crippen LogP contribution in [0.4, 0.5) is 0 Å². The largest absolute Gasteiger partial charge is 0.351 e. The van der Waals surface area contributed by atoms with Gasteiger partial charge in [-0.25, -0.2) is 4.98 Å². The molecule has 2 rings (SSSR count). The van der Waals surface area contributed by atoms with Gasteiger partial charge in [0.25, 0.3) is 0 Å². The number of rotatable bonds is 5. The highest BCUT2D eigenvalue weighted by molar-refractivity contribution is 5.96. The van der Waals surface area contributed by atoms with E-state index < -0.39 is 0 Å². The lowest BCUT2D eigenvalue weighted by Crippen LogP contribution is -2.00. The number of nitriles is 1. The number of imidazole rings is 1. The van der Waals surface area contributed by atoms with Crippen molar-refractivity contribution < 1.29 is 4.79 Å². The van der Waals surface area contributed by atoms with E-state index in [-0.39, 0.29) is 5.78 Å². The summed E-state index contributed by atoms with van der Waals surface area (Å²) in [7, 11) is 0. The lowest BCUT2D eigenvalue weighted by molar-refractivity contribution is 0.0980. The van der Waals surface area contributed by atoms with E-state index in [1.165, 1.54) is 0 Å².